The van der Waals surface area contributed by atoms with Gasteiger partial charge in [-0.25, -0.2) is 0 Å². The summed E-state index contributed by atoms with van der Waals surface area (Å²) in [5, 5.41) is 10.5. The number of para-hydroxylation sites is 1. The van der Waals surface area contributed by atoms with Crippen molar-refractivity contribution in [2.75, 3.05) is 6.61 Å². The lowest BCUT2D eigenvalue weighted by molar-refractivity contribution is 0.130. The Balaban J connectivity index is 2.69. The number of aliphatic hydroxyl groups excluding tert-OH is 1. The SMILES string of the molecule is CCCOc1ccccc1C(O)CC(C)CC(C)(C)C. The summed E-state index contributed by atoms with van der Waals surface area (Å²) >= 11 is 0. The van der Waals surface area contributed by atoms with Crippen LogP contribution in [0.5, 0.6) is 5.75 Å². The van der Waals surface area contributed by atoms with Crippen LogP contribution in [0.2, 0.25) is 0 Å². The first kappa shape index (κ1) is 17.0. The van der Waals surface area contributed by atoms with Crippen LogP contribution in [0.3, 0.4) is 0 Å². The van der Waals surface area contributed by atoms with E-state index in [9.17, 15) is 5.11 Å². The van der Waals surface area contributed by atoms with Crippen LogP contribution in [0.4, 0.5) is 0 Å². The average molecular weight is 278 g/mol. The average Bonchev–Trinajstić information content (AvgIpc) is 2.34. The Labute approximate surface area is 124 Å². The number of hydrogen-bond donors (Lipinski definition) is 1. The molecule has 2 unspecified atom stereocenters. The zero-order valence-electron chi connectivity index (χ0n) is 13.6. The fourth-order valence-corrected chi connectivity index (χ4v) is 2.74. The summed E-state index contributed by atoms with van der Waals surface area (Å²) in [5.74, 6) is 1.31. The van der Waals surface area contributed by atoms with E-state index in [4.69, 9.17) is 4.74 Å². The monoisotopic (exact) mass is 278 g/mol. The van der Waals surface area contributed by atoms with Crippen molar-refractivity contribution >= 4 is 0 Å². The molecule has 0 saturated carbocycles. The summed E-state index contributed by atoms with van der Waals surface area (Å²) in [6.07, 6.45) is 2.43. The van der Waals surface area contributed by atoms with Gasteiger partial charge in [0.2, 0.25) is 0 Å². The van der Waals surface area contributed by atoms with Gasteiger partial charge in [0.15, 0.2) is 0 Å². The largest absolute Gasteiger partial charge is 0.493 e. The predicted octanol–water partition coefficient (Wildman–Crippen LogP) is 4.97. The Morgan fingerprint density at radius 2 is 1.85 bits per heavy atom. The smallest absolute Gasteiger partial charge is 0.125 e. The molecule has 1 aromatic carbocycles. The van der Waals surface area contributed by atoms with Gasteiger partial charge in [-0.3, -0.25) is 0 Å². The van der Waals surface area contributed by atoms with Gasteiger partial charge in [-0.2, -0.15) is 0 Å². The Hall–Kier alpha value is -1.02. The van der Waals surface area contributed by atoms with Crippen LogP contribution in [0.15, 0.2) is 24.3 Å². The zero-order chi connectivity index (χ0) is 15.2. The van der Waals surface area contributed by atoms with E-state index < -0.39 is 6.10 Å². The first-order chi connectivity index (χ1) is 9.33. The summed E-state index contributed by atoms with van der Waals surface area (Å²) in [5.41, 5.74) is 1.22. The summed E-state index contributed by atoms with van der Waals surface area (Å²) in [6, 6.07) is 7.84. The highest BCUT2D eigenvalue weighted by molar-refractivity contribution is 5.35. The van der Waals surface area contributed by atoms with Crippen molar-refractivity contribution < 1.29 is 9.84 Å². The van der Waals surface area contributed by atoms with E-state index >= 15 is 0 Å². The first-order valence-electron chi connectivity index (χ1n) is 7.73. The minimum atomic E-state index is -0.444. The molecule has 20 heavy (non-hydrogen) atoms. The van der Waals surface area contributed by atoms with Crippen LogP contribution in [0.25, 0.3) is 0 Å². The van der Waals surface area contributed by atoms with Gasteiger partial charge in [0.25, 0.3) is 0 Å². The minimum Gasteiger partial charge on any atom is -0.493 e. The molecule has 0 amide bonds. The minimum absolute atomic E-state index is 0.303. The molecule has 0 radical (unpaired) electrons. The number of benzene rings is 1. The Bertz CT molecular complexity index is 393. The van der Waals surface area contributed by atoms with Crippen LogP contribution >= 0.6 is 0 Å². The maximum atomic E-state index is 10.5. The van der Waals surface area contributed by atoms with Crippen molar-refractivity contribution in [3.63, 3.8) is 0 Å². The predicted molar refractivity (Wildman–Crippen MR) is 85.0 cm³/mol. The van der Waals surface area contributed by atoms with Crippen LogP contribution < -0.4 is 4.74 Å². The fourth-order valence-electron chi connectivity index (χ4n) is 2.74. The fraction of sp³-hybridized carbons (Fsp3) is 0.667. The maximum Gasteiger partial charge on any atom is 0.125 e. The molecule has 0 saturated heterocycles. The third kappa shape index (κ3) is 5.96. The lowest BCUT2D eigenvalue weighted by atomic mass is 9.82. The summed E-state index contributed by atoms with van der Waals surface area (Å²) < 4.78 is 5.73. The molecule has 0 bridgehead atoms. The van der Waals surface area contributed by atoms with E-state index in [1.807, 2.05) is 24.3 Å². The molecule has 1 rings (SSSR count). The van der Waals surface area contributed by atoms with Crippen LogP contribution in [0.1, 0.15) is 65.5 Å². The first-order valence-corrected chi connectivity index (χ1v) is 7.73. The van der Waals surface area contributed by atoms with Crippen molar-refractivity contribution in [2.45, 2.75) is 60.0 Å². The second kappa shape index (κ2) is 7.68. The van der Waals surface area contributed by atoms with Crippen molar-refractivity contribution in [3.05, 3.63) is 29.8 Å². The number of hydrogen-bond acceptors (Lipinski definition) is 2. The van der Waals surface area contributed by atoms with Gasteiger partial charge in [0.1, 0.15) is 5.75 Å². The molecule has 0 fully saturated rings. The molecule has 0 aliphatic rings. The van der Waals surface area contributed by atoms with Gasteiger partial charge in [0.05, 0.1) is 12.7 Å². The Kier molecular flexibility index (Phi) is 6.54. The van der Waals surface area contributed by atoms with Crippen molar-refractivity contribution in [3.8, 4) is 5.75 Å². The van der Waals surface area contributed by atoms with Gasteiger partial charge >= 0.3 is 0 Å². The van der Waals surface area contributed by atoms with Gasteiger partial charge in [0, 0.05) is 5.56 Å². The van der Waals surface area contributed by atoms with Crippen molar-refractivity contribution in [2.24, 2.45) is 11.3 Å². The molecular weight excluding hydrogens is 248 g/mol. The normalized spacial score (nSPS) is 14.9. The number of rotatable bonds is 7. The lowest BCUT2D eigenvalue weighted by Gasteiger charge is -2.25. The molecule has 0 aromatic heterocycles. The number of ether oxygens (including phenoxy) is 1. The van der Waals surface area contributed by atoms with E-state index in [1.165, 1.54) is 0 Å². The lowest BCUT2D eigenvalue weighted by Crippen LogP contribution is -2.14. The quantitative estimate of drug-likeness (QED) is 0.763. The van der Waals surface area contributed by atoms with E-state index in [0.29, 0.717) is 17.9 Å². The highest BCUT2D eigenvalue weighted by Crippen LogP contribution is 2.33. The topological polar surface area (TPSA) is 29.5 Å². The third-order valence-corrected chi connectivity index (χ3v) is 3.33. The Morgan fingerprint density at radius 1 is 1.20 bits per heavy atom. The highest BCUT2D eigenvalue weighted by Gasteiger charge is 2.20. The molecule has 0 aliphatic heterocycles. The molecule has 0 aliphatic carbocycles. The van der Waals surface area contributed by atoms with Crippen molar-refractivity contribution in [1.29, 1.82) is 0 Å². The second-order valence-electron chi connectivity index (χ2n) is 7.01. The van der Waals surface area contributed by atoms with E-state index in [0.717, 1.165) is 30.6 Å². The van der Waals surface area contributed by atoms with E-state index in [2.05, 4.69) is 34.6 Å². The molecule has 1 aromatic rings. The molecule has 2 atom stereocenters. The third-order valence-electron chi connectivity index (χ3n) is 3.33. The summed E-state index contributed by atoms with van der Waals surface area (Å²) in [6.45, 7) is 11.7. The molecule has 1 N–H and O–H groups in total. The molecule has 2 nitrogen and oxygen atoms in total. The molecule has 0 spiro atoms. The van der Waals surface area contributed by atoms with Gasteiger partial charge in [-0.05, 0) is 36.7 Å². The molecule has 0 heterocycles. The number of aliphatic hydroxyl groups is 1. The zero-order valence-corrected chi connectivity index (χ0v) is 13.6. The van der Waals surface area contributed by atoms with Crippen LogP contribution in [-0.2, 0) is 0 Å². The highest BCUT2D eigenvalue weighted by atomic mass is 16.5. The standard InChI is InChI=1S/C18H30O2/c1-6-11-20-17-10-8-7-9-15(17)16(19)12-14(2)13-18(3,4)5/h7-10,14,16,19H,6,11-13H2,1-5H3. The maximum absolute atomic E-state index is 10.5. The Morgan fingerprint density at radius 3 is 2.45 bits per heavy atom. The molecular formula is C18H30O2. The van der Waals surface area contributed by atoms with Gasteiger partial charge < -0.3 is 9.84 Å². The summed E-state index contributed by atoms with van der Waals surface area (Å²) in [4.78, 5) is 0. The summed E-state index contributed by atoms with van der Waals surface area (Å²) in [7, 11) is 0. The van der Waals surface area contributed by atoms with Crippen LogP contribution in [-0.4, -0.2) is 11.7 Å². The second-order valence-corrected chi connectivity index (χ2v) is 7.01. The van der Waals surface area contributed by atoms with E-state index in [-0.39, 0.29) is 0 Å². The van der Waals surface area contributed by atoms with Gasteiger partial charge in [-0.1, -0.05) is 52.8 Å². The van der Waals surface area contributed by atoms with Crippen LogP contribution in [0, 0.1) is 11.3 Å². The van der Waals surface area contributed by atoms with Gasteiger partial charge in [-0.15, -0.1) is 0 Å². The molecule has 2 heteroatoms. The molecule has 114 valence electrons. The van der Waals surface area contributed by atoms with E-state index in [1.54, 1.807) is 0 Å². The van der Waals surface area contributed by atoms with Crippen molar-refractivity contribution in [1.82, 2.24) is 0 Å².